The molecule has 1 fully saturated rings. The maximum absolute atomic E-state index is 9.83. The molecular formula is C23H28N8O. The van der Waals surface area contributed by atoms with E-state index in [0.717, 1.165) is 24.5 Å². The van der Waals surface area contributed by atoms with Crippen LogP contribution in [0.3, 0.4) is 0 Å². The third-order valence-corrected chi connectivity index (χ3v) is 5.55. The predicted octanol–water partition coefficient (Wildman–Crippen LogP) is 2.33. The minimum atomic E-state index is 0.172. The van der Waals surface area contributed by atoms with E-state index in [0.29, 0.717) is 46.0 Å². The van der Waals surface area contributed by atoms with Gasteiger partial charge in [0.2, 0.25) is 0 Å². The zero-order valence-corrected chi connectivity index (χ0v) is 18.8. The first-order chi connectivity index (χ1) is 15.3. The molecule has 1 aliphatic heterocycles. The molecule has 166 valence electrons. The molecule has 0 bridgehead atoms. The first-order valence-corrected chi connectivity index (χ1v) is 10.5. The van der Waals surface area contributed by atoms with Gasteiger partial charge in [0.15, 0.2) is 11.4 Å². The Balaban J connectivity index is 1.74. The quantitative estimate of drug-likeness (QED) is 0.328. The van der Waals surface area contributed by atoms with Crippen LogP contribution in [0.25, 0.3) is 5.65 Å². The normalized spacial score (nSPS) is 19.2. The smallest absolute Gasteiger partial charge is 0.180 e. The number of nitrogens with two attached hydrogens (primary N) is 2. The number of anilines is 2. The fourth-order valence-corrected chi connectivity index (χ4v) is 4.32. The summed E-state index contributed by atoms with van der Waals surface area (Å²) < 4.78 is 7.29. The van der Waals surface area contributed by atoms with Gasteiger partial charge in [0.25, 0.3) is 0 Å². The lowest BCUT2D eigenvalue weighted by atomic mass is 10.0. The van der Waals surface area contributed by atoms with E-state index < -0.39 is 0 Å². The summed E-state index contributed by atoms with van der Waals surface area (Å²) in [6, 6.07) is 8.38. The van der Waals surface area contributed by atoms with Crippen LogP contribution in [0.5, 0.6) is 5.75 Å². The fourth-order valence-electron chi connectivity index (χ4n) is 4.32. The van der Waals surface area contributed by atoms with Crippen molar-refractivity contribution < 1.29 is 4.74 Å². The Hall–Kier alpha value is -3.77. The molecule has 2 atom stereocenters. The van der Waals surface area contributed by atoms with Crippen LogP contribution in [0.2, 0.25) is 0 Å². The van der Waals surface area contributed by atoms with Gasteiger partial charge in [-0.05, 0) is 32.9 Å². The molecule has 3 aromatic rings. The Morgan fingerprint density at radius 3 is 2.62 bits per heavy atom. The summed E-state index contributed by atoms with van der Waals surface area (Å²) in [5, 5.41) is 13.3. The Bertz CT molecular complexity index is 1230. The average Bonchev–Trinajstić information content (AvgIpc) is 3.11. The van der Waals surface area contributed by atoms with E-state index in [1.165, 1.54) is 0 Å². The van der Waals surface area contributed by atoms with Crippen molar-refractivity contribution in [3.8, 4) is 11.8 Å². The second-order valence-electron chi connectivity index (χ2n) is 8.32. The molecule has 4 rings (SSSR count). The summed E-state index contributed by atoms with van der Waals surface area (Å²) in [6.45, 7) is 7.86. The van der Waals surface area contributed by atoms with Crippen LogP contribution in [0.1, 0.15) is 30.7 Å². The van der Waals surface area contributed by atoms with Crippen molar-refractivity contribution in [3.05, 3.63) is 47.4 Å². The van der Waals surface area contributed by atoms with E-state index >= 15 is 0 Å². The average molecular weight is 433 g/mol. The monoisotopic (exact) mass is 432 g/mol. The zero-order valence-electron chi connectivity index (χ0n) is 18.8. The number of pyridine rings is 1. The molecule has 1 aliphatic rings. The lowest BCUT2D eigenvalue weighted by Crippen LogP contribution is -2.54. The zero-order chi connectivity index (χ0) is 23.0. The van der Waals surface area contributed by atoms with E-state index in [1.807, 2.05) is 35.9 Å². The number of hydrogen-bond donors (Lipinski definition) is 3. The van der Waals surface area contributed by atoms with Crippen LogP contribution in [-0.2, 0) is 0 Å². The number of rotatable bonds is 4. The molecular weight excluding hydrogens is 404 g/mol. The van der Waals surface area contributed by atoms with Gasteiger partial charge >= 0.3 is 0 Å². The van der Waals surface area contributed by atoms with Crippen LogP contribution in [0.15, 0.2) is 35.6 Å². The highest BCUT2D eigenvalue weighted by Gasteiger charge is 2.23. The topological polar surface area (TPSA) is 130 Å². The van der Waals surface area contributed by atoms with Crippen molar-refractivity contribution in [3.63, 3.8) is 0 Å². The van der Waals surface area contributed by atoms with Crippen LogP contribution in [-0.4, -0.2) is 47.5 Å². The number of nitrogens with zero attached hydrogens (tertiary/aromatic N) is 5. The van der Waals surface area contributed by atoms with Gasteiger partial charge in [-0.15, -0.1) is 0 Å². The first kappa shape index (κ1) is 21.5. The number of benzene rings is 1. The highest BCUT2D eigenvalue weighted by molar-refractivity contribution is 6.06. The number of amidine groups is 1. The number of methoxy groups -OCH3 is 1. The Labute approximate surface area is 187 Å². The van der Waals surface area contributed by atoms with Crippen molar-refractivity contribution in [2.75, 3.05) is 30.8 Å². The Kier molecular flexibility index (Phi) is 5.63. The maximum atomic E-state index is 9.83. The van der Waals surface area contributed by atoms with Crippen LogP contribution >= 0.6 is 0 Å². The lowest BCUT2D eigenvalue weighted by molar-refractivity contribution is 0.407. The number of nitrogens with one attached hydrogen (secondary N) is 1. The third kappa shape index (κ3) is 4.05. The molecule has 0 saturated carbocycles. The van der Waals surface area contributed by atoms with E-state index in [9.17, 15) is 5.26 Å². The van der Waals surface area contributed by atoms with Gasteiger partial charge in [-0.3, -0.25) is 0 Å². The minimum absolute atomic E-state index is 0.172. The molecule has 9 nitrogen and oxygen atoms in total. The van der Waals surface area contributed by atoms with Crippen LogP contribution in [0.4, 0.5) is 17.1 Å². The molecule has 0 amide bonds. The van der Waals surface area contributed by atoms with Crippen molar-refractivity contribution in [1.82, 2.24) is 14.7 Å². The Morgan fingerprint density at radius 2 is 1.97 bits per heavy atom. The standard InChI is InChI=1S/C23H28N8O/c1-13-9-30(10-14(2)27-13)18-5-16(8-24)21(19(25)7-18)22(26)29-17-6-20(32-4)23-28-15(3)11-31(23)12-17/h5-7,11-14,27H,9-10,25H2,1-4H3,(H2,26,29). The van der Waals surface area contributed by atoms with Gasteiger partial charge in [0.05, 0.1) is 29.6 Å². The molecule has 2 aromatic heterocycles. The van der Waals surface area contributed by atoms with Gasteiger partial charge < -0.3 is 30.8 Å². The van der Waals surface area contributed by atoms with Crippen molar-refractivity contribution in [2.45, 2.75) is 32.9 Å². The van der Waals surface area contributed by atoms with Crippen LogP contribution < -0.4 is 26.4 Å². The van der Waals surface area contributed by atoms with E-state index in [4.69, 9.17) is 16.2 Å². The number of fused-ring (bicyclic) bond motifs is 1. The van der Waals surface area contributed by atoms with Gasteiger partial charge in [0.1, 0.15) is 11.9 Å². The number of nitriles is 1. The minimum Gasteiger partial charge on any atom is -0.493 e. The molecule has 32 heavy (non-hydrogen) atoms. The third-order valence-electron chi connectivity index (χ3n) is 5.55. The van der Waals surface area contributed by atoms with Crippen molar-refractivity contribution in [2.24, 2.45) is 10.7 Å². The van der Waals surface area contributed by atoms with E-state index in [-0.39, 0.29) is 5.84 Å². The number of aliphatic imine (C=N–C) groups is 1. The molecule has 3 heterocycles. The summed E-state index contributed by atoms with van der Waals surface area (Å²) in [5.41, 5.74) is 17.0. The SMILES string of the molecule is COc1cc(N=C(N)c2c(N)cc(N3CC(C)NC(C)C3)cc2C#N)cn2cc(C)nc12. The van der Waals surface area contributed by atoms with Gasteiger partial charge in [-0.2, -0.15) is 5.26 Å². The van der Waals surface area contributed by atoms with Crippen molar-refractivity contribution >= 4 is 28.5 Å². The molecule has 0 radical (unpaired) electrons. The van der Waals surface area contributed by atoms with Gasteiger partial charge in [-0.1, -0.05) is 0 Å². The summed E-state index contributed by atoms with van der Waals surface area (Å²) in [7, 11) is 1.58. The predicted molar refractivity (Wildman–Crippen MR) is 127 cm³/mol. The molecule has 2 unspecified atom stereocenters. The molecule has 9 heteroatoms. The second-order valence-corrected chi connectivity index (χ2v) is 8.32. The maximum Gasteiger partial charge on any atom is 0.180 e. The molecule has 5 N–H and O–H groups in total. The number of aryl methyl sites for hydroxylation is 1. The Morgan fingerprint density at radius 1 is 1.25 bits per heavy atom. The second kappa shape index (κ2) is 8.40. The van der Waals surface area contributed by atoms with Gasteiger partial charge in [-0.25, -0.2) is 9.98 Å². The largest absolute Gasteiger partial charge is 0.493 e. The highest BCUT2D eigenvalue weighted by atomic mass is 16.5. The van der Waals surface area contributed by atoms with Gasteiger partial charge in [0, 0.05) is 55.0 Å². The summed E-state index contributed by atoms with van der Waals surface area (Å²) in [5.74, 6) is 0.754. The van der Waals surface area contributed by atoms with Crippen molar-refractivity contribution in [1.29, 1.82) is 5.26 Å². The molecule has 1 aromatic carbocycles. The summed E-state index contributed by atoms with van der Waals surface area (Å²) in [6.07, 6.45) is 3.69. The highest BCUT2D eigenvalue weighted by Crippen LogP contribution is 2.29. The number of hydrogen-bond acceptors (Lipinski definition) is 7. The first-order valence-electron chi connectivity index (χ1n) is 10.5. The van der Waals surface area contributed by atoms with E-state index in [2.05, 4.69) is 40.1 Å². The number of ether oxygens (including phenoxy) is 1. The number of nitrogen functional groups attached to an aromatic ring is 1. The van der Waals surface area contributed by atoms with Crippen LogP contribution in [0, 0.1) is 18.3 Å². The fraction of sp³-hybridized carbons (Fsp3) is 0.348. The number of imidazole rings is 1. The summed E-state index contributed by atoms with van der Waals surface area (Å²) >= 11 is 0. The number of aromatic nitrogens is 2. The molecule has 0 aliphatic carbocycles. The lowest BCUT2D eigenvalue weighted by Gasteiger charge is -2.38. The number of piperazine rings is 1. The molecule has 0 spiro atoms. The molecule has 1 saturated heterocycles. The summed E-state index contributed by atoms with van der Waals surface area (Å²) in [4.78, 5) is 11.2. The van der Waals surface area contributed by atoms with E-state index in [1.54, 1.807) is 13.2 Å².